The van der Waals surface area contributed by atoms with Gasteiger partial charge in [0.25, 0.3) is 0 Å². The van der Waals surface area contributed by atoms with Crippen LogP contribution in [0, 0.1) is 5.92 Å². The van der Waals surface area contributed by atoms with E-state index in [1.807, 2.05) is 37.1 Å². The van der Waals surface area contributed by atoms with Gasteiger partial charge in [-0.05, 0) is 37.5 Å². The molecule has 0 saturated heterocycles. The highest BCUT2D eigenvalue weighted by Gasteiger charge is 2.19. The lowest BCUT2D eigenvalue weighted by Gasteiger charge is -2.27. The zero-order chi connectivity index (χ0) is 15.3. The first-order valence-electron chi connectivity index (χ1n) is 6.88. The number of likely N-dealkylation sites (N-methyl/N-ethyl adjacent to an activating group) is 1. The second kappa shape index (κ2) is 7.53. The molecule has 5 heteroatoms. The Kier molecular flexibility index (Phi) is 6.33. The maximum absolute atomic E-state index is 12.1. The quantitative estimate of drug-likeness (QED) is 0.782. The number of hydrogen-bond donors (Lipinski definition) is 2. The topological polar surface area (TPSA) is 58.4 Å². The predicted octanol–water partition coefficient (Wildman–Crippen LogP) is 3.02. The molecule has 1 aromatic rings. The van der Waals surface area contributed by atoms with Gasteiger partial charge in [0, 0.05) is 18.1 Å². The molecule has 0 bridgehead atoms. The van der Waals surface area contributed by atoms with Gasteiger partial charge in [0.15, 0.2) is 0 Å². The number of hydrogen-bond acceptors (Lipinski definition) is 3. The van der Waals surface area contributed by atoms with Gasteiger partial charge in [-0.2, -0.15) is 0 Å². The minimum Gasteiger partial charge on any atom is -0.397 e. The van der Waals surface area contributed by atoms with Crippen molar-refractivity contribution < 1.29 is 4.79 Å². The summed E-state index contributed by atoms with van der Waals surface area (Å²) in [5.41, 5.74) is 7.51. The minimum absolute atomic E-state index is 0.0236. The number of halogens is 1. The molecule has 0 spiro atoms. The van der Waals surface area contributed by atoms with Crippen LogP contribution >= 0.6 is 15.9 Å². The third kappa shape index (κ3) is 4.71. The summed E-state index contributed by atoms with van der Waals surface area (Å²) in [4.78, 5) is 14.0. The number of carbonyl (C=O) groups excluding carboxylic acids is 1. The van der Waals surface area contributed by atoms with E-state index in [0.717, 1.165) is 16.6 Å². The number of nitrogens with zero attached hydrogens (tertiary/aromatic N) is 1. The van der Waals surface area contributed by atoms with Crippen LogP contribution in [0.15, 0.2) is 22.7 Å². The average molecular weight is 342 g/mol. The molecule has 1 unspecified atom stereocenters. The van der Waals surface area contributed by atoms with Gasteiger partial charge >= 0.3 is 0 Å². The molecule has 0 fully saturated rings. The molecule has 1 rings (SSSR count). The molecule has 0 heterocycles. The largest absolute Gasteiger partial charge is 0.397 e. The molecule has 0 aliphatic rings. The third-order valence-corrected chi connectivity index (χ3v) is 3.84. The number of carbonyl (C=O) groups is 1. The van der Waals surface area contributed by atoms with Gasteiger partial charge in [0.1, 0.15) is 6.04 Å². The fraction of sp³-hybridized carbons (Fsp3) is 0.533. The highest BCUT2D eigenvalue weighted by molar-refractivity contribution is 9.10. The van der Waals surface area contributed by atoms with E-state index >= 15 is 0 Å². The Hall–Kier alpha value is -1.23. The molecule has 1 atom stereocenters. The molecule has 3 N–H and O–H groups in total. The van der Waals surface area contributed by atoms with E-state index in [2.05, 4.69) is 35.1 Å². The van der Waals surface area contributed by atoms with E-state index < -0.39 is 0 Å². The summed E-state index contributed by atoms with van der Waals surface area (Å²) in [7, 11) is 1.88. The van der Waals surface area contributed by atoms with Gasteiger partial charge < -0.3 is 16.0 Å². The number of nitrogen functional groups attached to an aromatic ring is 1. The van der Waals surface area contributed by atoms with Crippen molar-refractivity contribution in [1.29, 1.82) is 0 Å². The van der Waals surface area contributed by atoms with Crippen molar-refractivity contribution in [2.45, 2.75) is 33.2 Å². The van der Waals surface area contributed by atoms with Gasteiger partial charge in [-0.1, -0.05) is 29.8 Å². The van der Waals surface area contributed by atoms with Crippen LogP contribution in [0.25, 0.3) is 0 Å². The van der Waals surface area contributed by atoms with Crippen molar-refractivity contribution >= 4 is 33.2 Å². The van der Waals surface area contributed by atoms with Crippen molar-refractivity contribution in [3.63, 3.8) is 0 Å². The normalized spacial score (nSPS) is 12.3. The highest BCUT2D eigenvalue weighted by Crippen LogP contribution is 2.27. The Morgan fingerprint density at radius 2 is 2.05 bits per heavy atom. The van der Waals surface area contributed by atoms with E-state index in [4.69, 9.17) is 5.73 Å². The molecule has 0 radical (unpaired) electrons. The van der Waals surface area contributed by atoms with Crippen LogP contribution in [-0.4, -0.2) is 25.5 Å². The van der Waals surface area contributed by atoms with E-state index in [1.165, 1.54) is 0 Å². The molecule has 1 aromatic carbocycles. The molecule has 0 saturated carbocycles. The van der Waals surface area contributed by atoms with Crippen molar-refractivity contribution in [1.82, 2.24) is 5.32 Å². The molecule has 0 aliphatic heterocycles. The number of rotatable bonds is 6. The van der Waals surface area contributed by atoms with Gasteiger partial charge in [-0.25, -0.2) is 0 Å². The number of anilines is 2. The van der Waals surface area contributed by atoms with E-state index in [1.54, 1.807) is 0 Å². The molecular formula is C15H24BrN3O. The molecular weight excluding hydrogens is 318 g/mol. The minimum atomic E-state index is -0.259. The molecule has 112 valence electrons. The van der Waals surface area contributed by atoms with Crippen molar-refractivity contribution in [2.75, 3.05) is 24.2 Å². The number of amides is 1. The summed E-state index contributed by atoms with van der Waals surface area (Å²) in [6.07, 6.45) is 0.989. The molecule has 0 aromatic heterocycles. The zero-order valence-corrected chi connectivity index (χ0v) is 14.2. The first kappa shape index (κ1) is 16.8. The number of nitrogens with two attached hydrogens (primary N) is 1. The molecule has 20 heavy (non-hydrogen) atoms. The molecule has 4 nitrogen and oxygen atoms in total. The average Bonchev–Trinajstić information content (AvgIpc) is 2.36. The first-order valence-corrected chi connectivity index (χ1v) is 7.67. The van der Waals surface area contributed by atoms with Crippen LogP contribution in [0.5, 0.6) is 0 Å². The smallest absolute Gasteiger partial charge is 0.242 e. The van der Waals surface area contributed by atoms with Crippen LogP contribution in [0.4, 0.5) is 11.4 Å². The summed E-state index contributed by atoms with van der Waals surface area (Å²) in [5, 5.41) is 2.96. The third-order valence-electron chi connectivity index (χ3n) is 3.35. The Balaban J connectivity index is 2.65. The summed E-state index contributed by atoms with van der Waals surface area (Å²) >= 11 is 3.38. The first-order chi connectivity index (χ1) is 9.32. The zero-order valence-electron chi connectivity index (χ0n) is 12.6. The van der Waals surface area contributed by atoms with E-state index in [0.29, 0.717) is 18.2 Å². The van der Waals surface area contributed by atoms with Crippen molar-refractivity contribution in [3.8, 4) is 0 Å². The van der Waals surface area contributed by atoms with Crippen LogP contribution in [0.3, 0.4) is 0 Å². The monoisotopic (exact) mass is 341 g/mol. The lowest BCUT2D eigenvalue weighted by Crippen LogP contribution is -2.44. The molecule has 1 amide bonds. The van der Waals surface area contributed by atoms with Crippen molar-refractivity contribution in [3.05, 3.63) is 22.7 Å². The Morgan fingerprint density at radius 3 is 2.60 bits per heavy atom. The maximum atomic E-state index is 12.1. The van der Waals surface area contributed by atoms with E-state index in [9.17, 15) is 4.79 Å². The number of benzene rings is 1. The number of nitrogens with one attached hydrogen (secondary N) is 1. The lowest BCUT2D eigenvalue weighted by molar-refractivity contribution is -0.122. The predicted molar refractivity (Wildman–Crippen MR) is 88.9 cm³/mol. The van der Waals surface area contributed by atoms with Crippen LogP contribution in [0.2, 0.25) is 0 Å². The fourth-order valence-electron chi connectivity index (χ4n) is 1.86. The lowest BCUT2D eigenvalue weighted by atomic mass is 10.1. The molecule has 0 aliphatic carbocycles. The Labute approximate surface area is 129 Å². The Bertz CT molecular complexity index is 462. The second-order valence-corrected chi connectivity index (χ2v) is 6.38. The van der Waals surface area contributed by atoms with Crippen LogP contribution in [-0.2, 0) is 4.79 Å². The fourth-order valence-corrected chi connectivity index (χ4v) is 2.24. The van der Waals surface area contributed by atoms with Crippen molar-refractivity contribution in [2.24, 2.45) is 5.92 Å². The van der Waals surface area contributed by atoms with Gasteiger partial charge in [-0.3, -0.25) is 4.79 Å². The summed E-state index contributed by atoms with van der Waals surface area (Å²) in [6.45, 7) is 6.88. The van der Waals surface area contributed by atoms with Gasteiger partial charge in [0.2, 0.25) is 5.91 Å². The highest BCUT2D eigenvalue weighted by atomic mass is 79.9. The second-order valence-electron chi connectivity index (χ2n) is 5.46. The van der Waals surface area contributed by atoms with Gasteiger partial charge in [0.05, 0.1) is 11.4 Å². The summed E-state index contributed by atoms with van der Waals surface area (Å²) < 4.78 is 0.932. The standard InChI is InChI=1S/C15H24BrN3O/c1-10(2)7-8-18-15(20)11(3)19(4)14-6-5-12(16)9-13(14)17/h5-6,9-11H,7-8,17H2,1-4H3,(H,18,20). The van der Waals surface area contributed by atoms with Crippen LogP contribution < -0.4 is 16.0 Å². The Morgan fingerprint density at radius 1 is 1.40 bits per heavy atom. The summed E-state index contributed by atoms with van der Waals surface area (Å²) in [6, 6.07) is 5.42. The maximum Gasteiger partial charge on any atom is 0.242 e. The van der Waals surface area contributed by atoms with E-state index in [-0.39, 0.29) is 11.9 Å². The summed E-state index contributed by atoms with van der Waals surface area (Å²) in [5.74, 6) is 0.612. The van der Waals surface area contributed by atoms with Crippen LogP contribution in [0.1, 0.15) is 27.2 Å². The SMILES string of the molecule is CC(C)CCNC(=O)C(C)N(C)c1ccc(Br)cc1N. The van der Waals surface area contributed by atoms with Gasteiger partial charge in [-0.15, -0.1) is 0 Å².